The number of nitrogens with one attached hydrogen (secondary N) is 1. The highest BCUT2D eigenvalue weighted by Gasteiger charge is 2.40. The van der Waals surface area contributed by atoms with Crippen LogP contribution in [0.2, 0.25) is 0 Å². The zero-order valence-electron chi connectivity index (χ0n) is 10.7. The third-order valence-electron chi connectivity index (χ3n) is 4.65. The van der Waals surface area contributed by atoms with Crippen LogP contribution in [-0.2, 0) is 6.42 Å². The average Bonchev–Trinajstić information content (AvgIpc) is 2.73. The highest BCUT2D eigenvalue weighted by molar-refractivity contribution is 5.29. The van der Waals surface area contributed by atoms with Gasteiger partial charge in [-0.3, -0.25) is 4.98 Å². The van der Waals surface area contributed by atoms with Crippen LogP contribution in [0.25, 0.3) is 0 Å². The molecule has 0 bridgehead atoms. The van der Waals surface area contributed by atoms with Crippen molar-refractivity contribution in [2.45, 2.75) is 38.5 Å². The number of nitrogens with zero attached hydrogens (tertiary/aromatic N) is 1. The Hall–Kier alpha value is -0.890. The normalized spacial score (nSPS) is 31.0. The van der Waals surface area contributed by atoms with Crippen molar-refractivity contribution in [1.29, 1.82) is 0 Å². The second kappa shape index (κ2) is 4.77. The van der Waals surface area contributed by atoms with E-state index in [0.717, 1.165) is 24.3 Å². The standard InChI is InChI=1S/C15H22N2/c1-2-16-10-12-6-7-13(12)14-8-5-11-4-3-9-17-15(11)14/h3-4,9,12-14,16H,2,5-8,10H2,1H3. The molecule has 1 heterocycles. The topological polar surface area (TPSA) is 24.9 Å². The molecule has 0 saturated heterocycles. The first-order valence-electron chi connectivity index (χ1n) is 7.04. The van der Waals surface area contributed by atoms with E-state index in [1.165, 1.54) is 43.5 Å². The van der Waals surface area contributed by atoms with Crippen LogP contribution in [0.3, 0.4) is 0 Å². The monoisotopic (exact) mass is 230 g/mol. The van der Waals surface area contributed by atoms with Crippen molar-refractivity contribution in [2.75, 3.05) is 13.1 Å². The molecule has 0 amide bonds. The van der Waals surface area contributed by atoms with E-state index >= 15 is 0 Å². The second-order valence-electron chi connectivity index (χ2n) is 5.50. The predicted octanol–water partition coefficient (Wildman–Crippen LogP) is 2.75. The molecule has 0 aliphatic heterocycles. The van der Waals surface area contributed by atoms with Gasteiger partial charge >= 0.3 is 0 Å². The van der Waals surface area contributed by atoms with Crippen LogP contribution in [0.15, 0.2) is 18.3 Å². The number of fused-ring (bicyclic) bond motifs is 1. The number of hydrogen-bond donors (Lipinski definition) is 1. The molecule has 3 rings (SSSR count). The maximum atomic E-state index is 4.64. The Balaban J connectivity index is 1.70. The maximum Gasteiger partial charge on any atom is 0.0469 e. The van der Waals surface area contributed by atoms with E-state index in [1.54, 1.807) is 0 Å². The molecule has 2 nitrogen and oxygen atoms in total. The molecule has 0 spiro atoms. The van der Waals surface area contributed by atoms with E-state index in [-0.39, 0.29) is 0 Å². The van der Waals surface area contributed by atoms with Crippen LogP contribution >= 0.6 is 0 Å². The zero-order valence-corrected chi connectivity index (χ0v) is 10.7. The molecular formula is C15H22N2. The lowest BCUT2D eigenvalue weighted by Crippen LogP contribution is -2.38. The van der Waals surface area contributed by atoms with Crippen molar-refractivity contribution in [3.63, 3.8) is 0 Å². The van der Waals surface area contributed by atoms with Gasteiger partial charge in [0.25, 0.3) is 0 Å². The van der Waals surface area contributed by atoms with Crippen LogP contribution in [0.1, 0.15) is 43.4 Å². The summed E-state index contributed by atoms with van der Waals surface area (Å²) in [6, 6.07) is 4.35. The van der Waals surface area contributed by atoms with E-state index < -0.39 is 0 Å². The third-order valence-corrected chi connectivity index (χ3v) is 4.65. The van der Waals surface area contributed by atoms with Crippen molar-refractivity contribution in [2.24, 2.45) is 11.8 Å². The minimum absolute atomic E-state index is 0.753. The van der Waals surface area contributed by atoms with Gasteiger partial charge < -0.3 is 5.32 Å². The van der Waals surface area contributed by atoms with Gasteiger partial charge in [-0.15, -0.1) is 0 Å². The first-order valence-corrected chi connectivity index (χ1v) is 7.04. The lowest BCUT2D eigenvalue weighted by atomic mass is 9.66. The van der Waals surface area contributed by atoms with Crippen molar-refractivity contribution in [1.82, 2.24) is 10.3 Å². The quantitative estimate of drug-likeness (QED) is 0.860. The SMILES string of the molecule is CCNCC1CCC1C1CCc2cccnc21. The number of pyridine rings is 1. The van der Waals surface area contributed by atoms with Crippen molar-refractivity contribution < 1.29 is 0 Å². The largest absolute Gasteiger partial charge is 0.317 e. The first kappa shape index (κ1) is 11.2. The molecule has 3 unspecified atom stereocenters. The highest BCUT2D eigenvalue weighted by Crippen LogP contribution is 2.48. The van der Waals surface area contributed by atoms with Gasteiger partial charge in [0.2, 0.25) is 0 Å². The summed E-state index contributed by atoms with van der Waals surface area (Å²) >= 11 is 0. The molecule has 2 heteroatoms. The molecule has 1 N–H and O–H groups in total. The zero-order chi connectivity index (χ0) is 11.7. The molecule has 1 fully saturated rings. The predicted molar refractivity (Wildman–Crippen MR) is 70.1 cm³/mol. The molecular weight excluding hydrogens is 208 g/mol. The van der Waals surface area contributed by atoms with Crippen LogP contribution in [0.5, 0.6) is 0 Å². The van der Waals surface area contributed by atoms with Gasteiger partial charge in [0.05, 0.1) is 0 Å². The molecule has 17 heavy (non-hydrogen) atoms. The fourth-order valence-corrected chi connectivity index (χ4v) is 3.57. The Morgan fingerprint density at radius 2 is 2.29 bits per heavy atom. The van der Waals surface area contributed by atoms with Gasteiger partial charge in [-0.25, -0.2) is 0 Å². The van der Waals surface area contributed by atoms with Crippen LogP contribution in [-0.4, -0.2) is 18.1 Å². The fourth-order valence-electron chi connectivity index (χ4n) is 3.57. The summed E-state index contributed by atoms with van der Waals surface area (Å²) in [5, 5.41) is 3.51. The first-order chi connectivity index (χ1) is 8.40. The number of aromatic nitrogens is 1. The summed E-state index contributed by atoms with van der Waals surface area (Å²) in [7, 11) is 0. The van der Waals surface area contributed by atoms with E-state index in [2.05, 4.69) is 29.4 Å². The van der Waals surface area contributed by atoms with Gasteiger partial charge in [-0.2, -0.15) is 0 Å². The van der Waals surface area contributed by atoms with E-state index in [1.807, 2.05) is 6.20 Å². The lowest BCUT2D eigenvalue weighted by molar-refractivity contribution is 0.137. The molecule has 0 radical (unpaired) electrons. The van der Waals surface area contributed by atoms with Gasteiger partial charge in [0, 0.05) is 17.8 Å². The summed E-state index contributed by atoms with van der Waals surface area (Å²) in [6.45, 7) is 4.50. The fraction of sp³-hybridized carbons (Fsp3) is 0.667. The summed E-state index contributed by atoms with van der Waals surface area (Å²) < 4.78 is 0. The second-order valence-corrected chi connectivity index (χ2v) is 5.50. The summed E-state index contributed by atoms with van der Waals surface area (Å²) in [6.07, 6.45) is 7.38. The minimum atomic E-state index is 0.753. The molecule has 0 aromatic carbocycles. The summed E-state index contributed by atoms with van der Waals surface area (Å²) in [5.41, 5.74) is 2.92. The number of hydrogen-bond acceptors (Lipinski definition) is 2. The van der Waals surface area contributed by atoms with Crippen LogP contribution < -0.4 is 5.32 Å². The van der Waals surface area contributed by atoms with Crippen molar-refractivity contribution in [3.05, 3.63) is 29.6 Å². The molecule has 1 aromatic heterocycles. The highest BCUT2D eigenvalue weighted by atomic mass is 14.9. The van der Waals surface area contributed by atoms with Crippen molar-refractivity contribution in [3.8, 4) is 0 Å². The van der Waals surface area contributed by atoms with Crippen molar-refractivity contribution >= 4 is 0 Å². The Labute approximate surface area is 104 Å². The van der Waals surface area contributed by atoms with Gasteiger partial charge in [-0.1, -0.05) is 13.0 Å². The molecule has 2 aliphatic rings. The minimum Gasteiger partial charge on any atom is -0.317 e. The van der Waals surface area contributed by atoms with E-state index in [0.29, 0.717) is 0 Å². The molecule has 3 atom stereocenters. The van der Waals surface area contributed by atoms with Gasteiger partial charge in [-0.05, 0) is 62.2 Å². The summed E-state index contributed by atoms with van der Waals surface area (Å²) in [5.74, 6) is 2.54. The average molecular weight is 230 g/mol. The Morgan fingerprint density at radius 3 is 3.06 bits per heavy atom. The molecule has 92 valence electrons. The number of aryl methyl sites for hydroxylation is 1. The molecule has 1 aromatic rings. The van der Waals surface area contributed by atoms with Gasteiger partial charge in [0.15, 0.2) is 0 Å². The molecule has 1 saturated carbocycles. The Bertz CT molecular complexity index is 388. The van der Waals surface area contributed by atoms with E-state index in [4.69, 9.17) is 0 Å². The van der Waals surface area contributed by atoms with Gasteiger partial charge in [0.1, 0.15) is 0 Å². The van der Waals surface area contributed by atoms with Crippen LogP contribution in [0, 0.1) is 11.8 Å². The Kier molecular flexibility index (Phi) is 3.15. The maximum absolute atomic E-state index is 4.64. The number of rotatable bonds is 4. The van der Waals surface area contributed by atoms with E-state index in [9.17, 15) is 0 Å². The Morgan fingerprint density at radius 1 is 1.35 bits per heavy atom. The molecule has 2 aliphatic carbocycles. The third kappa shape index (κ3) is 1.99. The van der Waals surface area contributed by atoms with Crippen LogP contribution in [0.4, 0.5) is 0 Å². The summed E-state index contributed by atoms with van der Waals surface area (Å²) in [4.78, 5) is 4.64. The smallest absolute Gasteiger partial charge is 0.0469 e. The lowest BCUT2D eigenvalue weighted by Gasteiger charge is -2.41.